The van der Waals surface area contributed by atoms with E-state index >= 15 is 0 Å². The second kappa shape index (κ2) is 5.64. The van der Waals surface area contributed by atoms with E-state index in [1.54, 1.807) is 0 Å². The molecule has 0 aliphatic rings. The number of aromatic amines is 1. The van der Waals surface area contributed by atoms with Gasteiger partial charge >= 0.3 is 0 Å². The normalized spacial score (nSPS) is 10.8. The van der Waals surface area contributed by atoms with E-state index in [4.69, 9.17) is 0 Å². The monoisotopic (exact) mass is 246 g/mol. The van der Waals surface area contributed by atoms with E-state index in [1.165, 1.54) is 11.9 Å². The van der Waals surface area contributed by atoms with Crippen molar-refractivity contribution in [2.24, 2.45) is 0 Å². The molecular formula is C13H18N4O. The number of aromatic nitrogens is 3. The quantitative estimate of drug-likeness (QED) is 0.698. The van der Waals surface area contributed by atoms with Gasteiger partial charge in [0.25, 0.3) is 0 Å². The molecule has 0 saturated heterocycles. The molecule has 96 valence electrons. The molecule has 5 heteroatoms. The van der Waals surface area contributed by atoms with Crippen molar-refractivity contribution in [2.75, 3.05) is 6.54 Å². The average molecular weight is 246 g/mol. The van der Waals surface area contributed by atoms with Gasteiger partial charge in [-0.2, -0.15) is 5.10 Å². The van der Waals surface area contributed by atoms with Crippen LogP contribution in [0.3, 0.4) is 0 Å². The molecule has 0 aliphatic heterocycles. The van der Waals surface area contributed by atoms with Crippen molar-refractivity contribution >= 4 is 0 Å². The fourth-order valence-corrected chi connectivity index (χ4v) is 1.94. The first-order valence-electron chi connectivity index (χ1n) is 6.01. The minimum atomic E-state index is 0.389. The molecule has 0 atom stereocenters. The smallest absolute Gasteiger partial charge is 0.137 e. The number of phenols is 1. The lowest BCUT2D eigenvalue weighted by molar-refractivity contribution is 0.466. The van der Waals surface area contributed by atoms with Gasteiger partial charge in [-0.05, 0) is 30.5 Å². The van der Waals surface area contributed by atoms with E-state index in [1.807, 2.05) is 26.0 Å². The van der Waals surface area contributed by atoms with Crippen LogP contribution in [0.2, 0.25) is 0 Å². The summed E-state index contributed by atoms with van der Waals surface area (Å²) >= 11 is 0. The van der Waals surface area contributed by atoms with Crippen LogP contribution < -0.4 is 5.32 Å². The summed E-state index contributed by atoms with van der Waals surface area (Å²) in [6.45, 7) is 5.46. The highest BCUT2D eigenvalue weighted by molar-refractivity contribution is 5.42. The number of nitrogens with one attached hydrogen (secondary N) is 2. The van der Waals surface area contributed by atoms with Gasteiger partial charge in [0, 0.05) is 19.5 Å². The highest BCUT2D eigenvalue weighted by Crippen LogP contribution is 2.22. The SMILES string of the molecule is Cc1cc(CNCCc2ncn[nH]2)cc(C)c1O. The number of benzene rings is 1. The van der Waals surface area contributed by atoms with Crippen molar-refractivity contribution < 1.29 is 5.11 Å². The molecule has 0 aliphatic carbocycles. The number of H-pyrrole nitrogens is 1. The molecule has 0 amide bonds. The van der Waals surface area contributed by atoms with Gasteiger partial charge in [-0.25, -0.2) is 4.98 Å². The maximum absolute atomic E-state index is 9.69. The Balaban J connectivity index is 1.83. The van der Waals surface area contributed by atoms with E-state index < -0.39 is 0 Å². The first-order valence-corrected chi connectivity index (χ1v) is 6.01. The zero-order chi connectivity index (χ0) is 13.0. The van der Waals surface area contributed by atoms with Crippen LogP contribution in [0.5, 0.6) is 5.75 Å². The van der Waals surface area contributed by atoms with Crippen LogP contribution in [0, 0.1) is 13.8 Å². The van der Waals surface area contributed by atoms with Crippen molar-refractivity contribution in [3.63, 3.8) is 0 Å². The molecule has 5 nitrogen and oxygen atoms in total. The first-order chi connectivity index (χ1) is 8.66. The fraction of sp³-hybridized carbons (Fsp3) is 0.385. The molecule has 1 aromatic carbocycles. The molecule has 0 saturated carbocycles. The summed E-state index contributed by atoms with van der Waals surface area (Å²) in [6, 6.07) is 4.01. The Kier molecular flexibility index (Phi) is 3.94. The van der Waals surface area contributed by atoms with Gasteiger partial charge in [-0.15, -0.1) is 0 Å². The van der Waals surface area contributed by atoms with Crippen LogP contribution in [0.4, 0.5) is 0 Å². The number of aryl methyl sites for hydroxylation is 2. The second-order valence-electron chi connectivity index (χ2n) is 4.44. The lowest BCUT2D eigenvalue weighted by Crippen LogP contribution is -2.17. The summed E-state index contributed by atoms with van der Waals surface area (Å²) in [6.07, 6.45) is 2.35. The van der Waals surface area contributed by atoms with Crippen molar-refractivity contribution in [3.8, 4) is 5.75 Å². The van der Waals surface area contributed by atoms with Gasteiger partial charge in [0.2, 0.25) is 0 Å². The summed E-state index contributed by atoms with van der Waals surface area (Å²) < 4.78 is 0. The van der Waals surface area contributed by atoms with Crippen molar-refractivity contribution in [3.05, 3.63) is 41.0 Å². The Morgan fingerprint density at radius 3 is 2.61 bits per heavy atom. The molecule has 1 aromatic heterocycles. The topological polar surface area (TPSA) is 73.8 Å². The van der Waals surface area contributed by atoms with E-state index in [0.717, 1.165) is 36.5 Å². The van der Waals surface area contributed by atoms with Crippen LogP contribution >= 0.6 is 0 Å². The Labute approximate surface area is 106 Å². The molecular weight excluding hydrogens is 228 g/mol. The highest BCUT2D eigenvalue weighted by Gasteiger charge is 2.03. The van der Waals surface area contributed by atoms with Crippen molar-refractivity contribution in [2.45, 2.75) is 26.8 Å². The van der Waals surface area contributed by atoms with Gasteiger partial charge in [0.1, 0.15) is 17.9 Å². The number of nitrogens with zero attached hydrogens (tertiary/aromatic N) is 2. The third kappa shape index (κ3) is 3.07. The molecule has 0 bridgehead atoms. The maximum atomic E-state index is 9.69. The Bertz CT molecular complexity index is 485. The number of rotatable bonds is 5. The standard InChI is InChI=1S/C13H18N4O/c1-9-5-11(6-10(2)13(9)18)7-14-4-3-12-15-8-16-17-12/h5-6,8,14,18H,3-4,7H2,1-2H3,(H,15,16,17). The van der Waals surface area contributed by atoms with Crippen LogP contribution in [-0.4, -0.2) is 26.8 Å². The Morgan fingerprint density at radius 1 is 1.28 bits per heavy atom. The number of phenolic OH excluding ortho intramolecular Hbond substituents is 1. The summed E-state index contributed by atoms with van der Waals surface area (Å²) in [7, 11) is 0. The summed E-state index contributed by atoms with van der Waals surface area (Å²) in [4.78, 5) is 4.06. The molecule has 3 N–H and O–H groups in total. The molecule has 1 heterocycles. The van der Waals surface area contributed by atoms with Crippen LogP contribution in [0.15, 0.2) is 18.5 Å². The van der Waals surface area contributed by atoms with Crippen LogP contribution in [-0.2, 0) is 13.0 Å². The summed E-state index contributed by atoms with van der Waals surface area (Å²) in [5.74, 6) is 1.28. The predicted molar refractivity (Wildman–Crippen MR) is 69.4 cm³/mol. The molecule has 2 rings (SSSR count). The lowest BCUT2D eigenvalue weighted by Gasteiger charge is -2.08. The predicted octanol–water partition coefficient (Wildman–Crippen LogP) is 1.46. The number of hydrogen-bond acceptors (Lipinski definition) is 4. The maximum Gasteiger partial charge on any atom is 0.137 e. The lowest BCUT2D eigenvalue weighted by atomic mass is 10.1. The molecule has 18 heavy (non-hydrogen) atoms. The Hall–Kier alpha value is -1.88. The third-order valence-corrected chi connectivity index (χ3v) is 2.88. The molecule has 0 fully saturated rings. The van der Waals surface area contributed by atoms with Gasteiger partial charge in [-0.3, -0.25) is 5.10 Å². The first kappa shape index (κ1) is 12.6. The van der Waals surface area contributed by atoms with Crippen LogP contribution in [0.1, 0.15) is 22.5 Å². The highest BCUT2D eigenvalue weighted by atomic mass is 16.3. The number of aromatic hydroxyl groups is 1. The van der Waals surface area contributed by atoms with E-state index in [9.17, 15) is 5.11 Å². The molecule has 0 radical (unpaired) electrons. The number of hydrogen-bond donors (Lipinski definition) is 3. The summed E-state index contributed by atoms with van der Waals surface area (Å²) in [5.41, 5.74) is 3.02. The van der Waals surface area contributed by atoms with E-state index in [-0.39, 0.29) is 0 Å². The van der Waals surface area contributed by atoms with Gasteiger partial charge < -0.3 is 10.4 Å². The Morgan fingerprint density at radius 2 is 2.00 bits per heavy atom. The summed E-state index contributed by atoms with van der Waals surface area (Å²) in [5, 5.41) is 19.7. The average Bonchev–Trinajstić information content (AvgIpc) is 2.84. The van der Waals surface area contributed by atoms with Crippen molar-refractivity contribution in [1.29, 1.82) is 0 Å². The van der Waals surface area contributed by atoms with Crippen LogP contribution in [0.25, 0.3) is 0 Å². The van der Waals surface area contributed by atoms with E-state index in [0.29, 0.717) is 5.75 Å². The largest absolute Gasteiger partial charge is 0.507 e. The van der Waals surface area contributed by atoms with E-state index in [2.05, 4.69) is 20.5 Å². The molecule has 2 aromatic rings. The molecule has 0 spiro atoms. The van der Waals surface area contributed by atoms with Gasteiger partial charge in [-0.1, -0.05) is 12.1 Å². The third-order valence-electron chi connectivity index (χ3n) is 2.88. The minimum Gasteiger partial charge on any atom is -0.507 e. The van der Waals surface area contributed by atoms with Crippen molar-refractivity contribution in [1.82, 2.24) is 20.5 Å². The van der Waals surface area contributed by atoms with Gasteiger partial charge in [0.15, 0.2) is 0 Å². The van der Waals surface area contributed by atoms with Gasteiger partial charge in [0.05, 0.1) is 0 Å². The second-order valence-corrected chi connectivity index (χ2v) is 4.44. The fourth-order valence-electron chi connectivity index (χ4n) is 1.94. The minimum absolute atomic E-state index is 0.389. The molecule has 0 unspecified atom stereocenters. The zero-order valence-corrected chi connectivity index (χ0v) is 10.7. The zero-order valence-electron chi connectivity index (χ0n) is 10.7.